The Balaban J connectivity index is 1.22. The lowest BCUT2D eigenvalue weighted by molar-refractivity contribution is -0.384. The predicted octanol–water partition coefficient (Wildman–Crippen LogP) is 5.72. The van der Waals surface area contributed by atoms with Gasteiger partial charge in [-0.2, -0.15) is 0 Å². The number of rotatable bonds is 11. The third-order valence-corrected chi connectivity index (χ3v) is 7.16. The van der Waals surface area contributed by atoms with Gasteiger partial charge in [-0.1, -0.05) is 54.6 Å². The lowest BCUT2D eigenvalue weighted by Crippen LogP contribution is -2.42. The van der Waals surface area contributed by atoms with Crippen molar-refractivity contribution in [3.05, 3.63) is 123 Å². The van der Waals surface area contributed by atoms with E-state index in [0.717, 1.165) is 22.3 Å². The largest absolute Gasteiger partial charge is 0.496 e. The molecule has 0 saturated heterocycles. The standard InChI is InChI=1S/C32H28N2O8/c1-40-30-15-10-20(16-21(30)18-41-23-13-11-22(12-14-23)34(38)39)17-29(31(35)36)33-32(37)42-19-28-26-8-4-2-6-24(26)25-7-3-5-9-27(25)28/h2-16,28-29H,17-19H2,1H3,(H,33,37)(H,35,36). The number of alkyl carbamates (subject to hydrolysis) is 1. The van der Waals surface area contributed by atoms with Crippen LogP contribution in [0.2, 0.25) is 0 Å². The fourth-order valence-corrected chi connectivity index (χ4v) is 5.11. The van der Waals surface area contributed by atoms with Crippen LogP contribution in [0.5, 0.6) is 11.5 Å². The maximum absolute atomic E-state index is 12.7. The first-order valence-electron chi connectivity index (χ1n) is 13.2. The van der Waals surface area contributed by atoms with E-state index in [1.165, 1.54) is 31.4 Å². The number of benzene rings is 4. The molecule has 1 amide bonds. The van der Waals surface area contributed by atoms with Crippen molar-refractivity contribution in [3.63, 3.8) is 0 Å². The van der Waals surface area contributed by atoms with Crippen molar-refractivity contribution < 1.29 is 33.8 Å². The average molecular weight is 569 g/mol. The maximum Gasteiger partial charge on any atom is 0.407 e. The van der Waals surface area contributed by atoms with Gasteiger partial charge in [-0.05, 0) is 52.1 Å². The van der Waals surface area contributed by atoms with Gasteiger partial charge in [0.2, 0.25) is 0 Å². The Morgan fingerprint density at radius 1 is 0.952 bits per heavy atom. The Labute approximate surface area is 241 Å². The van der Waals surface area contributed by atoms with Crippen LogP contribution in [0.3, 0.4) is 0 Å². The van der Waals surface area contributed by atoms with Crippen LogP contribution in [0, 0.1) is 10.1 Å². The summed E-state index contributed by atoms with van der Waals surface area (Å²) in [5.74, 6) is -0.403. The molecule has 5 rings (SSSR count). The molecule has 1 atom stereocenters. The molecule has 4 aromatic rings. The second-order valence-electron chi connectivity index (χ2n) is 9.75. The highest BCUT2D eigenvalue weighted by molar-refractivity contribution is 5.81. The molecule has 0 fully saturated rings. The molecule has 0 heterocycles. The molecular weight excluding hydrogens is 540 g/mol. The number of hydrogen-bond acceptors (Lipinski definition) is 7. The first-order valence-corrected chi connectivity index (χ1v) is 13.2. The zero-order chi connectivity index (χ0) is 29.6. The van der Waals surface area contributed by atoms with Crippen LogP contribution < -0.4 is 14.8 Å². The topological polar surface area (TPSA) is 137 Å². The average Bonchev–Trinajstić information content (AvgIpc) is 3.32. The fraction of sp³-hybridized carbons (Fsp3) is 0.188. The second kappa shape index (κ2) is 12.4. The van der Waals surface area contributed by atoms with Crippen molar-refractivity contribution in [1.82, 2.24) is 5.32 Å². The van der Waals surface area contributed by atoms with E-state index in [9.17, 15) is 24.8 Å². The Kier molecular flexibility index (Phi) is 8.33. The summed E-state index contributed by atoms with van der Waals surface area (Å²) >= 11 is 0. The fourth-order valence-electron chi connectivity index (χ4n) is 5.11. The number of nitro benzene ring substituents is 1. The number of nitro groups is 1. The van der Waals surface area contributed by atoms with E-state index in [1.54, 1.807) is 18.2 Å². The van der Waals surface area contributed by atoms with Crippen molar-refractivity contribution in [1.29, 1.82) is 0 Å². The van der Waals surface area contributed by atoms with E-state index in [1.807, 2.05) is 48.5 Å². The minimum Gasteiger partial charge on any atom is -0.496 e. The Bertz CT molecular complexity index is 1570. The summed E-state index contributed by atoms with van der Waals surface area (Å²) in [6, 6.07) is 25.5. The molecule has 0 aromatic heterocycles. The third-order valence-electron chi connectivity index (χ3n) is 7.16. The molecule has 2 N–H and O–H groups in total. The van der Waals surface area contributed by atoms with Crippen molar-refractivity contribution in [2.24, 2.45) is 0 Å². The molecule has 214 valence electrons. The molecule has 1 unspecified atom stereocenters. The van der Waals surface area contributed by atoms with E-state index < -0.39 is 23.0 Å². The number of carboxylic acid groups (broad SMARTS) is 1. The Morgan fingerprint density at radius 2 is 1.60 bits per heavy atom. The molecule has 10 nitrogen and oxygen atoms in total. The van der Waals surface area contributed by atoms with Crippen LogP contribution in [-0.4, -0.2) is 41.9 Å². The summed E-state index contributed by atoms with van der Waals surface area (Å²) in [6.07, 6.45) is -0.826. The zero-order valence-corrected chi connectivity index (χ0v) is 22.7. The highest BCUT2D eigenvalue weighted by Gasteiger charge is 2.30. The summed E-state index contributed by atoms with van der Waals surface area (Å²) in [4.78, 5) is 35.2. The van der Waals surface area contributed by atoms with Gasteiger partial charge in [0.1, 0.15) is 30.8 Å². The molecule has 42 heavy (non-hydrogen) atoms. The predicted molar refractivity (Wildman–Crippen MR) is 154 cm³/mol. The maximum atomic E-state index is 12.7. The van der Waals surface area contributed by atoms with Crippen molar-refractivity contribution in [2.45, 2.75) is 25.0 Å². The van der Waals surface area contributed by atoms with Gasteiger partial charge < -0.3 is 24.6 Å². The molecule has 0 bridgehead atoms. The van der Waals surface area contributed by atoms with Gasteiger partial charge in [-0.25, -0.2) is 9.59 Å². The van der Waals surface area contributed by atoms with Crippen molar-refractivity contribution >= 4 is 17.7 Å². The lowest BCUT2D eigenvalue weighted by atomic mass is 9.98. The van der Waals surface area contributed by atoms with E-state index in [0.29, 0.717) is 22.6 Å². The third kappa shape index (κ3) is 6.17. The van der Waals surface area contributed by atoms with Crippen molar-refractivity contribution in [3.8, 4) is 22.6 Å². The number of carboxylic acids is 1. The Hall–Kier alpha value is -5.38. The van der Waals surface area contributed by atoms with E-state index in [2.05, 4.69) is 5.32 Å². The number of aliphatic carboxylic acids is 1. The number of carbonyl (C=O) groups excluding carboxylic acids is 1. The van der Waals surface area contributed by atoms with Crippen LogP contribution >= 0.6 is 0 Å². The van der Waals surface area contributed by atoms with Crippen LogP contribution in [0.1, 0.15) is 28.2 Å². The molecule has 0 saturated carbocycles. The smallest absolute Gasteiger partial charge is 0.407 e. The number of fused-ring (bicyclic) bond motifs is 3. The second-order valence-corrected chi connectivity index (χ2v) is 9.75. The molecule has 4 aromatic carbocycles. The first kappa shape index (κ1) is 28.2. The first-order chi connectivity index (χ1) is 20.3. The summed E-state index contributed by atoms with van der Waals surface area (Å²) in [7, 11) is 1.50. The highest BCUT2D eigenvalue weighted by atomic mass is 16.6. The molecule has 0 aliphatic heterocycles. The van der Waals surface area contributed by atoms with Gasteiger partial charge in [0.15, 0.2) is 0 Å². The van der Waals surface area contributed by atoms with Gasteiger partial charge >= 0.3 is 12.1 Å². The van der Waals surface area contributed by atoms with Crippen LogP contribution in [0.25, 0.3) is 11.1 Å². The van der Waals surface area contributed by atoms with Gasteiger partial charge in [0.05, 0.1) is 12.0 Å². The SMILES string of the molecule is COc1ccc(CC(NC(=O)OCC2c3ccccc3-c3ccccc32)C(=O)O)cc1COc1ccc([N+](=O)[O-])cc1. The number of ether oxygens (including phenoxy) is 3. The minimum atomic E-state index is -1.24. The van der Waals surface area contributed by atoms with Gasteiger partial charge in [0, 0.05) is 30.0 Å². The van der Waals surface area contributed by atoms with Crippen LogP contribution in [-0.2, 0) is 22.6 Å². The monoisotopic (exact) mass is 568 g/mol. The number of nitrogens with one attached hydrogen (secondary N) is 1. The van der Waals surface area contributed by atoms with Gasteiger partial charge in [-0.3, -0.25) is 10.1 Å². The molecular formula is C32H28N2O8. The molecule has 10 heteroatoms. The van der Waals surface area contributed by atoms with Crippen molar-refractivity contribution in [2.75, 3.05) is 13.7 Å². The number of amides is 1. The highest BCUT2D eigenvalue weighted by Crippen LogP contribution is 2.44. The summed E-state index contributed by atoms with van der Waals surface area (Å²) in [5, 5.41) is 23.2. The number of carbonyl (C=O) groups is 2. The number of hydrogen-bond donors (Lipinski definition) is 2. The lowest BCUT2D eigenvalue weighted by Gasteiger charge is -2.18. The summed E-state index contributed by atoms with van der Waals surface area (Å²) in [6.45, 7) is 0.144. The van der Waals surface area contributed by atoms with Crippen LogP contribution in [0.15, 0.2) is 91.0 Å². The van der Waals surface area contributed by atoms with Gasteiger partial charge in [0.25, 0.3) is 5.69 Å². The number of nitrogens with zero attached hydrogens (tertiary/aromatic N) is 1. The molecule has 0 spiro atoms. The van der Waals surface area contributed by atoms with E-state index in [-0.39, 0.29) is 31.2 Å². The zero-order valence-electron chi connectivity index (χ0n) is 22.7. The summed E-state index contributed by atoms with van der Waals surface area (Å²) in [5.41, 5.74) is 5.52. The minimum absolute atomic E-state index is 0.00590. The number of methoxy groups -OCH3 is 1. The number of non-ortho nitro benzene ring substituents is 1. The quantitative estimate of drug-likeness (QED) is 0.173. The molecule has 1 aliphatic carbocycles. The summed E-state index contributed by atoms with van der Waals surface area (Å²) < 4.78 is 16.7. The van der Waals surface area contributed by atoms with E-state index in [4.69, 9.17) is 14.2 Å². The van der Waals surface area contributed by atoms with Gasteiger partial charge in [-0.15, -0.1) is 0 Å². The molecule has 0 radical (unpaired) electrons. The Morgan fingerprint density at radius 3 is 2.19 bits per heavy atom. The molecule has 1 aliphatic rings. The van der Waals surface area contributed by atoms with E-state index >= 15 is 0 Å². The normalized spacial score (nSPS) is 12.5. The van der Waals surface area contributed by atoms with Crippen LogP contribution in [0.4, 0.5) is 10.5 Å².